The number of urea groups is 1. The van der Waals surface area contributed by atoms with Crippen LogP contribution in [0.3, 0.4) is 0 Å². The van der Waals surface area contributed by atoms with Crippen LogP contribution >= 0.6 is 0 Å². The van der Waals surface area contributed by atoms with Crippen LogP contribution in [0.25, 0.3) is 0 Å². The molecule has 3 rings (SSSR count). The molecule has 0 spiro atoms. The number of carbonyl (C=O) groups is 2. The van der Waals surface area contributed by atoms with Gasteiger partial charge in [0.15, 0.2) is 0 Å². The first kappa shape index (κ1) is 20.8. The van der Waals surface area contributed by atoms with Crippen LogP contribution in [0.4, 0.5) is 19.3 Å². The van der Waals surface area contributed by atoms with Gasteiger partial charge in [-0.15, -0.1) is 0 Å². The molecule has 1 aliphatic heterocycles. The highest BCUT2D eigenvalue weighted by atomic mass is 19.1. The summed E-state index contributed by atoms with van der Waals surface area (Å²) in [6, 6.07) is 10.4. The molecule has 0 unspecified atom stereocenters. The van der Waals surface area contributed by atoms with Crippen LogP contribution in [0, 0.1) is 24.5 Å². The number of likely N-dealkylation sites (tertiary alicyclic amines) is 1. The summed E-state index contributed by atoms with van der Waals surface area (Å²) in [6.45, 7) is 3.67. The van der Waals surface area contributed by atoms with Gasteiger partial charge in [0.25, 0.3) is 5.91 Å². The molecule has 3 amide bonds. The zero-order valence-corrected chi connectivity index (χ0v) is 16.4. The Labute approximate surface area is 169 Å². The molecule has 154 valence electrons. The molecule has 0 radical (unpaired) electrons. The molecule has 0 bridgehead atoms. The Morgan fingerprint density at radius 3 is 2.45 bits per heavy atom. The maximum atomic E-state index is 13.6. The van der Waals surface area contributed by atoms with Crippen LogP contribution in [-0.4, -0.2) is 36.5 Å². The Morgan fingerprint density at radius 1 is 1.07 bits per heavy atom. The van der Waals surface area contributed by atoms with E-state index >= 15 is 0 Å². The van der Waals surface area contributed by atoms with Crippen LogP contribution in [0.2, 0.25) is 0 Å². The predicted octanol–water partition coefficient (Wildman–Crippen LogP) is 4.34. The molecule has 5 nitrogen and oxygen atoms in total. The molecule has 1 saturated heterocycles. The molecule has 0 atom stereocenters. The van der Waals surface area contributed by atoms with Gasteiger partial charge in [0, 0.05) is 25.3 Å². The third kappa shape index (κ3) is 5.76. The largest absolute Gasteiger partial charge is 0.352 e. The second kappa shape index (κ2) is 9.49. The van der Waals surface area contributed by atoms with Gasteiger partial charge in [-0.25, -0.2) is 13.6 Å². The standard InChI is InChI=1S/C22H25F2N3O2/c1-15-2-5-18(6-3-15)26-22(29)27-12-9-16(10-13-27)8-11-25-21(28)19-14-17(23)4-7-20(19)24/h2-7,14,16H,8-13H2,1H3,(H,25,28)(H,26,29). The Balaban J connectivity index is 1.39. The molecular formula is C22H25F2N3O2. The number of nitrogens with zero attached hydrogens (tertiary/aromatic N) is 1. The zero-order chi connectivity index (χ0) is 20.8. The first-order valence-electron chi connectivity index (χ1n) is 9.78. The van der Waals surface area contributed by atoms with Crippen LogP contribution < -0.4 is 10.6 Å². The molecule has 1 heterocycles. The second-order valence-corrected chi connectivity index (χ2v) is 7.40. The summed E-state index contributed by atoms with van der Waals surface area (Å²) in [4.78, 5) is 26.2. The molecule has 2 aromatic rings. The summed E-state index contributed by atoms with van der Waals surface area (Å²) in [5.41, 5.74) is 1.62. The molecule has 0 aliphatic carbocycles. The van der Waals surface area contributed by atoms with Crippen molar-refractivity contribution in [3.63, 3.8) is 0 Å². The minimum atomic E-state index is -0.739. The lowest BCUT2D eigenvalue weighted by atomic mass is 9.93. The van der Waals surface area contributed by atoms with Gasteiger partial charge in [0.1, 0.15) is 11.6 Å². The molecule has 2 N–H and O–H groups in total. The Bertz CT molecular complexity index is 863. The summed E-state index contributed by atoms with van der Waals surface area (Å²) in [7, 11) is 0. The second-order valence-electron chi connectivity index (χ2n) is 7.40. The number of anilines is 1. The summed E-state index contributed by atoms with van der Waals surface area (Å²) in [5, 5.41) is 5.55. The number of amides is 3. The lowest BCUT2D eigenvalue weighted by Crippen LogP contribution is -2.41. The fourth-order valence-electron chi connectivity index (χ4n) is 3.42. The minimum absolute atomic E-state index is 0.109. The summed E-state index contributed by atoms with van der Waals surface area (Å²) in [5.74, 6) is -1.63. The quantitative estimate of drug-likeness (QED) is 0.783. The fourth-order valence-corrected chi connectivity index (χ4v) is 3.42. The van der Waals surface area contributed by atoms with Gasteiger partial charge in [0.2, 0.25) is 0 Å². The molecule has 29 heavy (non-hydrogen) atoms. The molecule has 2 aromatic carbocycles. The maximum absolute atomic E-state index is 13.6. The lowest BCUT2D eigenvalue weighted by molar-refractivity contribution is 0.0945. The van der Waals surface area contributed by atoms with Crippen molar-refractivity contribution in [3.8, 4) is 0 Å². The highest BCUT2D eigenvalue weighted by Gasteiger charge is 2.23. The Hall–Kier alpha value is -2.96. The number of hydrogen-bond donors (Lipinski definition) is 2. The topological polar surface area (TPSA) is 61.4 Å². The molecule has 1 fully saturated rings. The molecular weight excluding hydrogens is 376 g/mol. The van der Waals surface area contributed by atoms with Gasteiger partial charge in [-0.2, -0.15) is 0 Å². The number of halogens is 2. The number of nitrogens with one attached hydrogen (secondary N) is 2. The fraction of sp³-hybridized carbons (Fsp3) is 0.364. The number of benzene rings is 2. The van der Waals surface area contributed by atoms with Crippen LogP contribution in [0.15, 0.2) is 42.5 Å². The average Bonchev–Trinajstić information content (AvgIpc) is 2.72. The zero-order valence-electron chi connectivity index (χ0n) is 16.4. The van der Waals surface area contributed by atoms with E-state index in [-0.39, 0.29) is 11.6 Å². The van der Waals surface area contributed by atoms with E-state index < -0.39 is 17.5 Å². The SMILES string of the molecule is Cc1ccc(NC(=O)N2CCC(CCNC(=O)c3cc(F)ccc3F)CC2)cc1. The van der Waals surface area contributed by atoms with Crippen molar-refractivity contribution >= 4 is 17.6 Å². The van der Waals surface area contributed by atoms with Crippen LogP contribution in [-0.2, 0) is 0 Å². The summed E-state index contributed by atoms with van der Waals surface area (Å²) < 4.78 is 26.8. The Kier molecular flexibility index (Phi) is 6.80. The van der Waals surface area contributed by atoms with E-state index in [1.165, 1.54) is 0 Å². The van der Waals surface area contributed by atoms with E-state index in [1.54, 1.807) is 4.90 Å². The molecule has 0 saturated carbocycles. The van der Waals surface area contributed by atoms with Crippen molar-refractivity contribution in [1.29, 1.82) is 0 Å². The van der Waals surface area contributed by atoms with Crippen molar-refractivity contribution in [2.75, 3.05) is 25.0 Å². The van der Waals surface area contributed by atoms with E-state index in [9.17, 15) is 18.4 Å². The third-order valence-corrected chi connectivity index (χ3v) is 5.22. The Morgan fingerprint density at radius 2 is 1.76 bits per heavy atom. The highest BCUT2D eigenvalue weighted by Crippen LogP contribution is 2.21. The maximum Gasteiger partial charge on any atom is 0.321 e. The number of carbonyl (C=O) groups excluding carboxylic acids is 2. The van der Waals surface area contributed by atoms with Crippen molar-refractivity contribution in [2.45, 2.75) is 26.2 Å². The molecule has 7 heteroatoms. The number of piperidine rings is 1. The van der Waals surface area contributed by atoms with Gasteiger partial charge in [-0.3, -0.25) is 4.79 Å². The average molecular weight is 401 g/mol. The van der Waals surface area contributed by atoms with E-state index in [0.29, 0.717) is 25.6 Å². The lowest BCUT2D eigenvalue weighted by Gasteiger charge is -2.32. The number of rotatable bonds is 5. The van der Waals surface area contributed by atoms with Crippen LogP contribution in [0.5, 0.6) is 0 Å². The first-order valence-corrected chi connectivity index (χ1v) is 9.78. The monoisotopic (exact) mass is 401 g/mol. The van der Waals surface area contributed by atoms with Gasteiger partial charge in [0.05, 0.1) is 5.56 Å². The number of hydrogen-bond acceptors (Lipinski definition) is 2. The van der Waals surface area contributed by atoms with Crippen molar-refractivity contribution < 1.29 is 18.4 Å². The smallest absolute Gasteiger partial charge is 0.321 e. The number of aryl methyl sites for hydroxylation is 1. The van der Waals surface area contributed by atoms with E-state index in [1.807, 2.05) is 31.2 Å². The molecule has 1 aliphatic rings. The van der Waals surface area contributed by atoms with Crippen molar-refractivity contribution in [1.82, 2.24) is 10.2 Å². The van der Waals surface area contributed by atoms with Gasteiger partial charge in [-0.05, 0) is 62.4 Å². The van der Waals surface area contributed by atoms with Gasteiger partial charge in [-0.1, -0.05) is 17.7 Å². The molecule has 0 aromatic heterocycles. The van der Waals surface area contributed by atoms with Crippen LogP contribution in [0.1, 0.15) is 35.2 Å². The third-order valence-electron chi connectivity index (χ3n) is 5.22. The normalized spacial score (nSPS) is 14.5. The van der Waals surface area contributed by atoms with Gasteiger partial charge < -0.3 is 15.5 Å². The van der Waals surface area contributed by atoms with Crippen molar-refractivity contribution in [3.05, 3.63) is 65.2 Å². The van der Waals surface area contributed by atoms with E-state index in [4.69, 9.17) is 0 Å². The summed E-state index contributed by atoms with van der Waals surface area (Å²) in [6.07, 6.45) is 2.41. The van der Waals surface area contributed by atoms with E-state index in [0.717, 1.165) is 48.7 Å². The predicted molar refractivity (Wildman–Crippen MR) is 108 cm³/mol. The van der Waals surface area contributed by atoms with E-state index in [2.05, 4.69) is 10.6 Å². The van der Waals surface area contributed by atoms with Gasteiger partial charge >= 0.3 is 6.03 Å². The first-order chi connectivity index (χ1) is 13.9. The summed E-state index contributed by atoms with van der Waals surface area (Å²) >= 11 is 0. The minimum Gasteiger partial charge on any atom is -0.352 e. The van der Waals surface area contributed by atoms with Crippen molar-refractivity contribution in [2.24, 2.45) is 5.92 Å². The highest BCUT2D eigenvalue weighted by molar-refractivity contribution is 5.94.